The summed E-state index contributed by atoms with van der Waals surface area (Å²) < 4.78 is 34.0. The van der Waals surface area contributed by atoms with Crippen molar-refractivity contribution < 1.29 is 28.0 Å². The lowest BCUT2D eigenvalue weighted by Crippen LogP contribution is -2.52. The predicted octanol–water partition coefficient (Wildman–Crippen LogP) is 5.13. The van der Waals surface area contributed by atoms with E-state index in [-0.39, 0.29) is 68.9 Å². The monoisotopic (exact) mass is 815 g/mol. The van der Waals surface area contributed by atoms with Crippen LogP contribution in [0.2, 0.25) is 5.02 Å². The lowest BCUT2D eigenvalue weighted by atomic mass is 10.00. The summed E-state index contributed by atoms with van der Waals surface area (Å²) in [7, 11) is 5.46. The minimum absolute atomic E-state index is 0.0610. The molecule has 2 N–H and O–H groups in total. The second-order valence-corrected chi connectivity index (χ2v) is 14.7. The van der Waals surface area contributed by atoms with Crippen LogP contribution in [0, 0.1) is 24.5 Å². The summed E-state index contributed by atoms with van der Waals surface area (Å²) in [5.41, 5.74) is 1.15. The molecule has 2 aromatic carbocycles. The molecule has 18 heteroatoms. The number of aryl methyl sites for hydroxylation is 1. The van der Waals surface area contributed by atoms with Crippen LogP contribution in [0.3, 0.4) is 0 Å². The fraction of sp³-hybridized carbons (Fsp3) is 0.350. The number of carbonyl (C=O) groups excluding carboxylic acids is 4. The third-order valence-corrected chi connectivity index (χ3v) is 10.3. The van der Waals surface area contributed by atoms with E-state index >= 15 is 8.78 Å². The van der Waals surface area contributed by atoms with Gasteiger partial charge >= 0.3 is 0 Å². The van der Waals surface area contributed by atoms with Gasteiger partial charge in [-0.1, -0.05) is 24.6 Å². The molecule has 0 aliphatic carbocycles. The Hall–Kier alpha value is -6.07. The number of piperazine rings is 1. The van der Waals surface area contributed by atoms with Crippen molar-refractivity contribution in [1.82, 2.24) is 44.2 Å². The number of nitrogens with zero attached hydrogens (tertiary/aromatic N) is 9. The molecule has 3 aromatic heterocycles. The number of halogens is 3. The van der Waals surface area contributed by atoms with Gasteiger partial charge in [-0.05, 0) is 76.8 Å². The predicted molar refractivity (Wildman–Crippen MR) is 214 cm³/mol. The molecular formula is C40H44ClF2N11O4. The zero-order chi connectivity index (χ0) is 41.7. The molecule has 1 saturated heterocycles. The summed E-state index contributed by atoms with van der Waals surface area (Å²) in [4.78, 5) is 62.1. The van der Waals surface area contributed by atoms with Crippen molar-refractivity contribution in [3.63, 3.8) is 0 Å². The number of benzene rings is 2. The lowest BCUT2D eigenvalue weighted by Gasteiger charge is -2.36. The Kier molecular flexibility index (Phi) is 12.9. The van der Waals surface area contributed by atoms with Gasteiger partial charge < -0.3 is 29.9 Å². The molecule has 4 heterocycles. The van der Waals surface area contributed by atoms with Crippen molar-refractivity contribution in [1.29, 1.82) is 0 Å². The van der Waals surface area contributed by atoms with E-state index in [1.165, 1.54) is 59.2 Å². The first-order chi connectivity index (χ1) is 27.7. The molecule has 15 nitrogen and oxygen atoms in total. The van der Waals surface area contributed by atoms with Crippen molar-refractivity contribution in [2.24, 2.45) is 13.0 Å². The smallest absolute Gasteiger partial charge is 0.291 e. The van der Waals surface area contributed by atoms with Crippen LogP contribution in [0.4, 0.5) is 20.3 Å². The number of amides is 4. The maximum absolute atomic E-state index is 15.7. The largest absolute Gasteiger partial charge is 0.339 e. The molecular weight excluding hydrogens is 772 g/mol. The Morgan fingerprint density at radius 1 is 0.948 bits per heavy atom. The van der Waals surface area contributed by atoms with Crippen LogP contribution in [0.5, 0.6) is 0 Å². The number of rotatable bonds is 13. The van der Waals surface area contributed by atoms with Gasteiger partial charge in [0.1, 0.15) is 6.54 Å². The molecule has 0 saturated carbocycles. The zero-order valence-corrected chi connectivity index (χ0v) is 33.6. The highest BCUT2D eigenvalue weighted by atomic mass is 35.5. The van der Waals surface area contributed by atoms with Gasteiger partial charge in [0, 0.05) is 73.9 Å². The first-order valence-corrected chi connectivity index (χ1v) is 19.1. The number of anilines is 2. The van der Waals surface area contributed by atoms with Crippen molar-refractivity contribution >= 4 is 46.7 Å². The average Bonchev–Trinajstić information content (AvgIpc) is 3.76. The molecule has 1 aliphatic rings. The van der Waals surface area contributed by atoms with Crippen LogP contribution in [0.15, 0.2) is 61.1 Å². The Labute approximate surface area is 339 Å². The maximum Gasteiger partial charge on any atom is 0.291 e. The highest BCUT2D eigenvalue weighted by Crippen LogP contribution is 2.33. The van der Waals surface area contributed by atoms with Crippen LogP contribution in [0.1, 0.15) is 46.4 Å². The first-order valence-electron chi connectivity index (χ1n) is 18.7. The second kappa shape index (κ2) is 18.0. The van der Waals surface area contributed by atoms with Crippen molar-refractivity contribution in [2.45, 2.75) is 33.2 Å². The van der Waals surface area contributed by atoms with Gasteiger partial charge in [0.25, 0.3) is 11.8 Å². The van der Waals surface area contributed by atoms with E-state index in [1.807, 2.05) is 25.9 Å². The van der Waals surface area contributed by atoms with Crippen LogP contribution in [-0.4, -0.2) is 115 Å². The average molecular weight is 816 g/mol. The molecule has 58 heavy (non-hydrogen) atoms. The summed E-state index contributed by atoms with van der Waals surface area (Å²) in [6.07, 6.45) is 5.72. The topological polar surface area (TPSA) is 163 Å². The van der Waals surface area contributed by atoms with Gasteiger partial charge in [0.15, 0.2) is 23.3 Å². The number of nitrogens with one attached hydrogen (secondary N) is 2. The molecule has 5 aromatic rings. The third-order valence-electron chi connectivity index (χ3n) is 10.0. The standard InChI is InChI=1S/C40H44ClF2N11O4/c1-6-25(13-15-50(3)4)39(57)52-16-18-53(19-17-52)40(58)28-10-9-26(20-31(28)41)46-38(56)37-44-21-32(51(37)5)29-12-11-27(35(42)36(29)43)30-22-54(49-24(30)2)23-34(55)47-33-8-7-14-45-48-33/h7-12,14,20-22,25H,6,13,15-19,23H2,1-5H3,(H,46,56)(H,47,48,55). The summed E-state index contributed by atoms with van der Waals surface area (Å²) >= 11 is 6.55. The van der Waals surface area contributed by atoms with E-state index in [2.05, 4.69) is 35.8 Å². The van der Waals surface area contributed by atoms with Gasteiger partial charge in [-0.15, -0.1) is 5.10 Å². The molecule has 1 fully saturated rings. The summed E-state index contributed by atoms with van der Waals surface area (Å²) in [5.74, 6) is -3.45. The lowest BCUT2D eigenvalue weighted by molar-refractivity contribution is -0.137. The molecule has 304 valence electrons. The fourth-order valence-electron chi connectivity index (χ4n) is 6.82. The normalized spacial score (nSPS) is 13.5. The summed E-state index contributed by atoms with van der Waals surface area (Å²) in [6.45, 7) is 5.86. The minimum Gasteiger partial charge on any atom is -0.339 e. The SMILES string of the molecule is CCC(CCN(C)C)C(=O)N1CCN(C(=O)c2ccc(NC(=O)c3ncc(-c4ccc(-c5cn(CC(=O)Nc6cccnn6)nc5C)c(F)c4F)n3C)cc2Cl)CC1. The number of imidazole rings is 1. The number of hydrogen-bond acceptors (Lipinski definition) is 9. The molecule has 6 rings (SSSR count). The molecule has 1 aliphatic heterocycles. The summed E-state index contributed by atoms with van der Waals surface area (Å²) in [5, 5.41) is 17.2. The van der Waals surface area contributed by atoms with Crippen LogP contribution < -0.4 is 10.6 Å². The van der Waals surface area contributed by atoms with Gasteiger partial charge in [-0.25, -0.2) is 13.8 Å². The fourth-order valence-corrected chi connectivity index (χ4v) is 7.08. The minimum atomic E-state index is -1.16. The van der Waals surface area contributed by atoms with Crippen LogP contribution in [-0.2, 0) is 23.2 Å². The van der Waals surface area contributed by atoms with E-state index in [1.54, 1.807) is 30.0 Å². The van der Waals surface area contributed by atoms with Crippen molar-refractivity contribution in [3.05, 3.63) is 94.8 Å². The Bertz CT molecular complexity index is 2320. The zero-order valence-electron chi connectivity index (χ0n) is 32.8. The maximum atomic E-state index is 15.7. The number of carbonyl (C=O) groups is 4. The van der Waals surface area contributed by atoms with Gasteiger partial charge in [0.05, 0.1) is 28.2 Å². The highest BCUT2D eigenvalue weighted by molar-refractivity contribution is 6.34. The number of aromatic nitrogens is 6. The van der Waals surface area contributed by atoms with Crippen molar-refractivity contribution in [2.75, 3.05) is 57.5 Å². The van der Waals surface area contributed by atoms with Gasteiger partial charge in [-0.2, -0.15) is 10.2 Å². The molecule has 0 radical (unpaired) electrons. The van der Waals surface area contributed by atoms with Crippen LogP contribution >= 0.6 is 11.6 Å². The Morgan fingerprint density at radius 3 is 2.33 bits per heavy atom. The van der Waals surface area contributed by atoms with Crippen LogP contribution in [0.25, 0.3) is 22.4 Å². The molecule has 1 atom stereocenters. The molecule has 1 unspecified atom stereocenters. The molecule has 0 spiro atoms. The summed E-state index contributed by atoms with van der Waals surface area (Å²) in [6, 6.07) is 10.5. The Morgan fingerprint density at radius 2 is 1.66 bits per heavy atom. The third kappa shape index (κ3) is 9.21. The molecule has 0 bridgehead atoms. The number of hydrogen-bond donors (Lipinski definition) is 2. The van der Waals surface area contributed by atoms with Gasteiger partial charge in [-0.3, -0.25) is 23.9 Å². The van der Waals surface area contributed by atoms with Crippen molar-refractivity contribution in [3.8, 4) is 22.4 Å². The first kappa shape index (κ1) is 41.6. The molecule has 4 amide bonds. The quantitative estimate of drug-likeness (QED) is 0.164. The Balaban J connectivity index is 1.08. The van der Waals surface area contributed by atoms with E-state index < -0.39 is 23.4 Å². The van der Waals surface area contributed by atoms with E-state index in [4.69, 9.17) is 11.6 Å². The highest BCUT2D eigenvalue weighted by Gasteiger charge is 2.30. The van der Waals surface area contributed by atoms with Gasteiger partial charge in [0.2, 0.25) is 11.8 Å². The second-order valence-electron chi connectivity index (χ2n) is 14.3. The van der Waals surface area contributed by atoms with E-state index in [9.17, 15) is 19.2 Å². The van der Waals surface area contributed by atoms with E-state index in [0.29, 0.717) is 37.6 Å². The van der Waals surface area contributed by atoms with E-state index in [0.717, 1.165) is 19.4 Å².